The molecular formula is C10H17P. The summed E-state index contributed by atoms with van der Waals surface area (Å²) in [6, 6.07) is 0. The molecule has 62 valence electrons. The van der Waals surface area contributed by atoms with Crippen LogP contribution in [0.4, 0.5) is 0 Å². The normalized spacial score (nSPS) is 21.5. The number of hydrogen-bond donors (Lipinski definition) is 0. The van der Waals surface area contributed by atoms with Crippen LogP contribution in [-0.4, -0.2) is 0 Å². The molecule has 1 rings (SSSR count). The molecule has 1 aliphatic carbocycles. The Kier molecular flexibility index (Phi) is 6.16. The first-order valence-electron chi connectivity index (χ1n) is 4.11. The fourth-order valence-electron chi connectivity index (χ4n) is 0.821. The van der Waals surface area contributed by atoms with E-state index in [9.17, 15) is 0 Å². The predicted octanol–water partition coefficient (Wildman–Crippen LogP) is 3.53. The van der Waals surface area contributed by atoms with E-state index in [4.69, 9.17) is 0 Å². The number of rotatable bonds is 0. The van der Waals surface area contributed by atoms with E-state index in [-0.39, 0.29) is 0 Å². The first-order valence-corrected chi connectivity index (χ1v) is 4.69. The molecule has 0 saturated carbocycles. The summed E-state index contributed by atoms with van der Waals surface area (Å²) in [7, 11) is 2.70. The fourth-order valence-corrected chi connectivity index (χ4v) is 1.24. The number of allylic oxidation sites excluding steroid dienone is 6. The van der Waals surface area contributed by atoms with Gasteiger partial charge in [0, 0.05) is 0 Å². The van der Waals surface area contributed by atoms with Gasteiger partial charge in [0.05, 0.1) is 0 Å². The summed E-state index contributed by atoms with van der Waals surface area (Å²) in [5, 5.41) is 1.27. The van der Waals surface area contributed by atoms with Crippen LogP contribution in [-0.2, 0) is 0 Å². The van der Waals surface area contributed by atoms with Crippen molar-refractivity contribution >= 4 is 9.24 Å². The highest BCUT2D eigenvalue weighted by atomic mass is 31.0. The Balaban J connectivity index is 0.000000461. The van der Waals surface area contributed by atoms with E-state index in [2.05, 4.69) is 46.5 Å². The molecule has 0 N–H and O–H groups in total. The molecule has 0 aromatic heterocycles. The van der Waals surface area contributed by atoms with E-state index in [0.29, 0.717) is 5.92 Å². The summed E-state index contributed by atoms with van der Waals surface area (Å²) in [5.74, 6) is 0.576. The van der Waals surface area contributed by atoms with Gasteiger partial charge in [-0.2, -0.15) is 0 Å². The van der Waals surface area contributed by atoms with Crippen molar-refractivity contribution in [1.29, 1.82) is 0 Å². The second-order valence-electron chi connectivity index (χ2n) is 2.27. The second kappa shape index (κ2) is 6.37. The quantitative estimate of drug-likeness (QED) is 0.485. The zero-order chi connectivity index (χ0) is 8.69. The lowest BCUT2D eigenvalue weighted by Gasteiger charge is -1.94. The minimum Gasteiger partial charge on any atom is -0.106 e. The maximum atomic E-state index is 2.70. The van der Waals surface area contributed by atoms with Crippen LogP contribution in [0.25, 0.3) is 0 Å². The van der Waals surface area contributed by atoms with Crippen LogP contribution < -0.4 is 0 Å². The molecule has 2 unspecified atom stereocenters. The van der Waals surface area contributed by atoms with Gasteiger partial charge in [-0.1, -0.05) is 51.2 Å². The SMILES string of the molecule is CC.CC1C=CC=CC(P)=C1. The average molecular weight is 168 g/mol. The van der Waals surface area contributed by atoms with Gasteiger partial charge < -0.3 is 0 Å². The van der Waals surface area contributed by atoms with Gasteiger partial charge in [-0.3, -0.25) is 0 Å². The summed E-state index contributed by atoms with van der Waals surface area (Å²) < 4.78 is 0. The zero-order valence-corrected chi connectivity index (χ0v) is 8.70. The summed E-state index contributed by atoms with van der Waals surface area (Å²) >= 11 is 0. The highest BCUT2D eigenvalue weighted by Crippen LogP contribution is 2.15. The zero-order valence-electron chi connectivity index (χ0n) is 7.54. The molecule has 0 heterocycles. The van der Waals surface area contributed by atoms with Gasteiger partial charge in [-0.15, -0.1) is 9.24 Å². The van der Waals surface area contributed by atoms with Crippen LogP contribution in [0.2, 0.25) is 0 Å². The van der Waals surface area contributed by atoms with Gasteiger partial charge in [0.25, 0.3) is 0 Å². The van der Waals surface area contributed by atoms with Crippen molar-refractivity contribution in [2.45, 2.75) is 20.8 Å². The largest absolute Gasteiger partial charge is 0.106 e. The maximum Gasteiger partial charge on any atom is -0.00696 e. The molecule has 0 amide bonds. The predicted molar refractivity (Wildman–Crippen MR) is 56.6 cm³/mol. The Morgan fingerprint density at radius 1 is 1.27 bits per heavy atom. The lowest BCUT2D eigenvalue weighted by atomic mass is 10.2. The van der Waals surface area contributed by atoms with Crippen molar-refractivity contribution in [3.8, 4) is 0 Å². The van der Waals surface area contributed by atoms with Crippen LogP contribution in [0, 0.1) is 5.92 Å². The molecule has 0 radical (unpaired) electrons. The third-order valence-corrected chi connectivity index (χ3v) is 1.65. The van der Waals surface area contributed by atoms with Crippen LogP contribution in [0.5, 0.6) is 0 Å². The Bertz CT molecular complexity index is 175. The van der Waals surface area contributed by atoms with Gasteiger partial charge in [-0.05, 0) is 11.2 Å². The van der Waals surface area contributed by atoms with Crippen molar-refractivity contribution in [1.82, 2.24) is 0 Å². The van der Waals surface area contributed by atoms with Crippen molar-refractivity contribution in [2.75, 3.05) is 0 Å². The highest BCUT2D eigenvalue weighted by Gasteiger charge is 1.92. The summed E-state index contributed by atoms with van der Waals surface area (Å²) in [5.41, 5.74) is 0. The van der Waals surface area contributed by atoms with E-state index >= 15 is 0 Å². The molecule has 0 nitrogen and oxygen atoms in total. The molecule has 0 saturated heterocycles. The molecule has 0 bridgehead atoms. The molecule has 2 atom stereocenters. The Morgan fingerprint density at radius 3 is 2.55 bits per heavy atom. The summed E-state index contributed by atoms with van der Waals surface area (Å²) in [6.45, 7) is 6.17. The van der Waals surface area contributed by atoms with Gasteiger partial charge in [0.1, 0.15) is 0 Å². The Morgan fingerprint density at radius 2 is 1.91 bits per heavy atom. The van der Waals surface area contributed by atoms with Crippen LogP contribution in [0.15, 0.2) is 35.7 Å². The van der Waals surface area contributed by atoms with Crippen molar-refractivity contribution in [3.63, 3.8) is 0 Å². The van der Waals surface area contributed by atoms with Gasteiger partial charge in [-0.25, -0.2) is 0 Å². The second-order valence-corrected chi connectivity index (χ2v) is 2.94. The Labute approximate surface area is 72.3 Å². The van der Waals surface area contributed by atoms with E-state index in [0.717, 1.165) is 0 Å². The minimum atomic E-state index is 0.576. The molecule has 0 spiro atoms. The topological polar surface area (TPSA) is 0 Å². The van der Waals surface area contributed by atoms with Crippen LogP contribution >= 0.6 is 9.24 Å². The third-order valence-electron chi connectivity index (χ3n) is 1.27. The van der Waals surface area contributed by atoms with Crippen LogP contribution in [0.1, 0.15) is 20.8 Å². The molecule has 0 fully saturated rings. The van der Waals surface area contributed by atoms with Crippen molar-refractivity contribution in [2.24, 2.45) is 5.92 Å². The molecule has 1 aliphatic rings. The van der Waals surface area contributed by atoms with E-state index in [1.807, 2.05) is 13.8 Å². The minimum absolute atomic E-state index is 0.576. The molecular weight excluding hydrogens is 151 g/mol. The standard InChI is InChI=1S/C8H11P.C2H6/c1-7-4-2-3-5-8(9)6-7;1-2/h2-7H,9H2,1H3;1-2H3. The molecule has 0 aromatic carbocycles. The highest BCUT2D eigenvalue weighted by molar-refractivity contribution is 7.22. The van der Waals surface area contributed by atoms with Gasteiger partial charge in [0.15, 0.2) is 0 Å². The smallest absolute Gasteiger partial charge is 0.00696 e. The van der Waals surface area contributed by atoms with Gasteiger partial charge >= 0.3 is 0 Å². The lowest BCUT2D eigenvalue weighted by molar-refractivity contribution is 0.941. The third kappa shape index (κ3) is 4.98. The van der Waals surface area contributed by atoms with Crippen molar-refractivity contribution in [3.05, 3.63) is 35.7 Å². The molecule has 11 heavy (non-hydrogen) atoms. The lowest BCUT2D eigenvalue weighted by Crippen LogP contribution is -1.79. The average Bonchev–Trinajstić information content (AvgIpc) is 2.18. The Hall–Kier alpha value is -0.350. The summed E-state index contributed by atoms with van der Waals surface area (Å²) in [4.78, 5) is 0. The maximum absolute atomic E-state index is 2.70. The summed E-state index contributed by atoms with van der Waals surface area (Å²) in [6.07, 6.45) is 10.6. The van der Waals surface area contributed by atoms with Gasteiger partial charge in [0.2, 0.25) is 0 Å². The monoisotopic (exact) mass is 168 g/mol. The fraction of sp³-hybridized carbons (Fsp3) is 0.400. The molecule has 1 heteroatoms. The molecule has 0 aromatic rings. The first kappa shape index (κ1) is 10.7. The molecule has 0 aliphatic heterocycles. The number of hydrogen-bond acceptors (Lipinski definition) is 0. The van der Waals surface area contributed by atoms with E-state index in [1.165, 1.54) is 5.31 Å². The first-order chi connectivity index (χ1) is 5.29. The van der Waals surface area contributed by atoms with E-state index < -0.39 is 0 Å². The van der Waals surface area contributed by atoms with E-state index in [1.54, 1.807) is 0 Å². The van der Waals surface area contributed by atoms with Crippen LogP contribution in [0.3, 0.4) is 0 Å². The van der Waals surface area contributed by atoms with Crippen molar-refractivity contribution < 1.29 is 0 Å².